The van der Waals surface area contributed by atoms with Crippen molar-refractivity contribution in [3.05, 3.63) is 40.0 Å². The first-order valence-electron chi connectivity index (χ1n) is 3.97. The molecule has 0 saturated carbocycles. The molecule has 0 aliphatic carbocycles. The number of benzene rings is 1. The summed E-state index contributed by atoms with van der Waals surface area (Å²) in [7, 11) is 0. The quantitative estimate of drug-likeness (QED) is 0.342. The molecular formula is C8H5F4N3O. The molecule has 0 aromatic heterocycles. The Balaban J connectivity index is 2.94. The predicted octanol–water partition coefficient (Wildman–Crippen LogP) is 3.53. The minimum Gasteiger partial charge on any atom is -0.403 e. The lowest BCUT2D eigenvalue weighted by molar-refractivity contribution is -0.275. The fourth-order valence-corrected chi connectivity index (χ4v) is 0.962. The van der Waals surface area contributed by atoms with Crippen molar-refractivity contribution in [2.24, 2.45) is 5.11 Å². The van der Waals surface area contributed by atoms with Crippen LogP contribution in [0, 0.1) is 5.82 Å². The molecule has 1 aromatic rings. The molecule has 0 amide bonds. The van der Waals surface area contributed by atoms with Crippen molar-refractivity contribution < 1.29 is 22.3 Å². The van der Waals surface area contributed by atoms with E-state index < -0.39 is 17.9 Å². The van der Waals surface area contributed by atoms with Gasteiger partial charge >= 0.3 is 6.36 Å². The minimum absolute atomic E-state index is 0.176. The normalized spacial score (nSPS) is 10.8. The van der Waals surface area contributed by atoms with Gasteiger partial charge in [-0.05, 0) is 23.2 Å². The average Bonchev–Trinajstić information content (AvgIpc) is 2.17. The van der Waals surface area contributed by atoms with Crippen LogP contribution in [0.3, 0.4) is 0 Å². The van der Waals surface area contributed by atoms with Gasteiger partial charge in [0.15, 0.2) is 11.6 Å². The Hall–Kier alpha value is -1.95. The SMILES string of the molecule is [N-]=[N+]=NCc1ccc(F)c(OC(F)(F)F)c1. The van der Waals surface area contributed by atoms with Gasteiger partial charge in [-0.2, -0.15) is 0 Å². The molecule has 0 heterocycles. The van der Waals surface area contributed by atoms with Crippen molar-refractivity contribution in [3.63, 3.8) is 0 Å². The largest absolute Gasteiger partial charge is 0.573 e. The number of alkyl halides is 3. The Labute approximate surface area is 87.1 Å². The smallest absolute Gasteiger partial charge is 0.403 e. The molecule has 0 spiro atoms. The molecular weight excluding hydrogens is 230 g/mol. The zero-order valence-electron chi connectivity index (χ0n) is 7.70. The van der Waals surface area contributed by atoms with Crippen LogP contribution in [0.4, 0.5) is 17.6 Å². The standard InChI is InChI=1S/C8H5F4N3O/c9-6-2-1-5(4-14-15-13)3-7(6)16-8(10,11)12/h1-3H,4H2. The molecule has 0 bridgehead atoms. The van der Waals surface area contributed by atoms with Crippen LogP contribution in [0.25, 0.3) is 10.4 Å². The number of azide groups is 1. The Morgan fingerprint density at radius 1 is 1.38 bits per heavy atom. The number of nitrogens with zero attached hydrogens (tertiary/aromatic N) is 3. The van der Waals surface area contributed by atoms with Crippen LogP contribution in [0.2, 0.25) is 0 Å². The van der Waals surface area contributed by atoms with Gasteiger partial charge in [0.2, 0.25) is 0 Å². The van der Waals surface area contributed by atoms with E-state index in [-0.39, 0.29) is 12.1 Å². The molecule has 0 aliphatic rings. The molecule has 0 fully saturated rings. The lowest BCUT2D eigenvalue weighted by Crippen LogP contribution is -2.18. The van der Waals surface area contributed by atoms with E-state index in [4.69, 9.17) is 5.53 Å². The van der Waals surface area contributed by atoms with E-state index in [1.165, 1.54) is 6.07 Å². The van der Waals surface area contributed by atoms with E-state index in [9.17, 15) is 17.6 Å². The van der Waals surface area contributed by atoms with Gasteiger partial charge in [-0.3, -0.25) is 0 Å². The Morgan fingerprint density at radius 2 is 2.06 bits per heavy atom. The minimum atomic E-state index is -4.96. The average molecular weight is 235 g/mol. The first-order valence-corrected chi connectivity index (χ1v) is 3.97. The van der Waals surface area contributed by atoms with Crippen molar-refractivity contribution in [3.8, 4) is 5.75 Å². The molecule has 1 aromatic carbocycles. The maximum atomic E-state index is 12.9. The molecule has 0 unspecified atom stereocenters. The van der Waals surface area contributed by atoms with Crippen LogP contribution in [0.1, 0.15) is 5.56 Å². The van der Waals surface area contributed by atoms with E-state index in [1.807, 2.05) is 0 Å². The van der Waals surface area contributed by atoms with Gasteiger partial charge in [-0.25, -0.2) is 4.39 Å². The summed E-state index contributed by atoms with van der Waals surface area (Å²) in [5.74, 6) is -2.08. The van der Waals surface area contributed by atoms with E-state index in [0.717, 1.165) is 12.1 Å². The summed E-state index contributed by atoms with van der Waals surface area (Å²) in [6.07, 6.45) is -4.96. The van der Waals surface area contributed by atoms with Crippen LogP contribution >= 0.6 is 0 Å². The maximum absolute atomic E-state index is 12.9. The maximum Gasteiger partial charge on any atom is 0.573 e. The second-order valence-electron chi connectivity index (χ2n) is 2.70. The van der Waals surface area contributed by atoms with E-state index in [1.54, 1.807) is 0 Å². The zero-order valence-corrected chi connectivity index (χ0v) is 7.70. The van der Waals surface area contributed by atoms with E-state index in [0.29, 0.717) is 0 Å². The molecule has 0 N–H and O–H groups in total. The van der Waals surface area contributed by atoms with Crippen LogP contribution in [0.15, 0.2) is 23.3 Å². The summed E-state index contributed by atoms with van der Waals surface area (Å²) >= 11 is 0. The summed E-state index contributed by atoms with van der Waals surface area (Å²) in [6, 6.07) is 2.84. The number of halogens is 4. The van der Waals surface area contributed by atoms with E-state index in [2.05, 4.69) is 14.8 Å². The van der Waals surface area contributed by atoms with Gasteiger partial charge in [-0.15, -0.1) is 13.2 Å². The van der Waals surface area contributed by atoms with Gasteiger partial charge in [0.1, 0.15) is 0 Å². The lowest BCUT2D eigenvalue weighted by atomic mass is 10.2. The van der Waals surface area contributed by atoms with Gasteiger partial charge < -0.3 is 4.74 Å². The highest BCUT2D eigenvalue weighted by molar-refractivity contribution is 5.30. The van der Waals surface area contributed by atoms with Gasteiger partial charge in [-0.1, -0.05) is 11.2 Å². The number of rotatable bonds is 3. The van der Waals surface area contributed by atoms with Crippen LogP contribution in [-0.4, -0.2) is 6.36 Å². The highest BCUT2D eigenvalue weighted by Crippen LogP contribution is 2.26. The van der Waals surface area contributed by atoms with Crippen molar-refractivity contribution in [1.29, 1.82) is 0 Å². The summed E-state index contributed by atoms with van der Waals surface area (Å²) in [5.41, 5.74) is 8.23. The summed E-state index contributed by atoms with van der Waals surface area (Å²) < 4.78 is 51.8. The van der Waals surface area contributed by atoms with Crippen molar-refractivity contribution >= 4 is 0 Å². The third-order valence-corrected chi connectivity index (χ3v) is 1.54. The summed E-state index contributed by atoms with van der Waals surface area (Å²) in [5, 5.41) is 3.13. The Bertz CT molecular complexity index is 426. The first kappa shape index (κ1) is 12.1. The molecule has 1 rings (SSSR count). The molecule has 0 saturated heterocycles. The topological polar surface area (TPSA) is 58.0 Å². The van der Waals surface area contributed by atoms with Crippen LogP contribution < -0.4 is 4.74 Å². The molecule has 0 radical (unpaired) electrons. The fourth-order valence-electron chi connectivity index (χ4n) is 0.962. The number of hydrogen-bond donors (Lipinski definition) is 0. The summed E-state index contributed by atoms with van der Waals surface area (Å²) in [6.45, 7) is -0.176. The molecule has 0 aliphatic heterocycles. The van der Waals surface area contributed by atoms with Crippen molar-refractivity contribution in [2.45, 2.75) is 12.9 Å². The van der Waals surface area contributed by atoms with Crippen LogP contribution in [0.5, 0.6) is 5.75 Å². The Kier molecular flexibility index (Phi) is 3.57. The molecule has 0 atom stereocenters. The molecule has 86 valence electrons. The van der Waals surface area contributed by atoms with Crippen LogP contribution in [-0.2, 0) is 6.54 Å². The van der Waals surface area contributed by atoms with Crippen molar-refractivity contribution in [1.82, 2.24) is 0 Å². The van der Waals surface area contributed by atoms with Gasteiger partial charge in [0, 0.05) is 4.91 Å². The lowest BCUT2D eigenvalue weighted by Gasteiger charge is -2.10. The third kappa shape index (κ3) is 3.66. The van der Waals surface area contributed by atoms with Crippen molar-refractivity contribution in [2.75, 3.05) is 0 Å². The second kappa shape index (κ2) is 4.71. The first-order chi connectivity index (χ1) is 7.42. The number of ether oxygens (including phenoxy) is 1. The van der Waals surface area contributed by atoms with E-state index >= 15 is 0 Å². The second-order valence-corrected chi connectivity index (χ2v) is 2.70. The monoisotopic (exact) mass is 235 g/mol. The highest BCUT2D eigenvalue weighted by Gasteiger charge is 2.32. The van der Waals surface area contributed by atoms with Gasteiger partial charge in [0.05, 0.1) is 6.54 Å². The number of hydrogen-bond acceptors (Lipinski definition) is 2. The Morgan fingerprint density at radius 3 is 2.62 bits per heavy atom. The molecule has 4 nitrogen and oxygen atoms in total. The fraction of sp³-hybridized carbons (Fsp3) is 0.250. The molecule has 8 heteroatoms. The van der Waals surface area contributed by atoms with Gasteiger partial charge in [0.25, 0.3) is 0 Å². The predicted molar refractivity (Wildman–Crippen MR) is 45.9 cm³/mol. The highest BCUT2D eigenvalue weighted by atomic mass is 19.4. The zero-order chi connectivity index (χ0) is 12.2. The third-order valence-electron chi connectivity index (χ3n) is 1.54. The summed E-state index contributed by atoms with van der Waals surface area (Å²) in [4.78, 5) is 2.43. The molecule has 16 heavy (non-hydrogen) atoms.